The first kappa shape index (κ1) is 14.4. The number of nitrogens with zero attached hydrogens (tertiary/aromatic N) is 1. The molecule has 19 heavy (non-hydrogen) atoms. The smallest absolute Gasteiger partial charge is 0.245 e. The highest BCUT2D eigenvalue weighted by Crippen LogP contribution is 2.24. The Bertz CT molecular complexity index is 410. The molecule has 1 saturated heterocycles. The largest absolute Gasteiger partial charge is 0.376 e. The van der Waals surface area contributed by atoms with E-state index in [1.54, 1.807) is 0 Å². The van der Waals surface area contributed by atoms with Gasteiger partial charge in [-0.1, -0.05) is 37.3 Å². The average molecular weight is 282 g/mol. The van der Waals surface area contributed by atoms with Gasteiger partial charge < -0.3 is 9.64 Å². The number of alkyl halides is 1. The predicted molar refractivity (Wildman–Crippen MR) is 76.3 cm³/mol. The number of benzene rings is 1. The van der Waals surface area contributed by atoms with E-state index in [1.165, 1.54) is 0 Å². The minimum Gasteiger partial charge on any atom is -0.376 e. The lowest BCUT2D eigenvalue weighted by Crippen LogP contribution is -2.38. The fourth-order valence-electron chi connectivity index (χ4n) is 2.27. The van der Waals surface area contributed by atoms with Gasteiger partial charge in [-0.05, 0) is 18.4 Å². The monoisotopic (exact) mass is 281 g/mol. The maximum atomic E-state index is 12.5. The van der Waals surface area contributed by atoms with E-state index in [2.05, 4.69) is 6.92 Å². The Kier molecular flexibility index (Phi) is 5.23. The number of hydrogen-bond acceptors (Lipinski definition) is 2. The number of carbonyl (C=O) groups is 1. The fourth-order valence-corrected chi connectivity index (χ4v) is 2.55. The van der Waals surface area contributed by atoms with Crippen LogP contribution >= 0.6 is 11.6 Å². The number of amides is 1. The average Bonchev–Trinajstić information content (AvgIpc) is 2.72. The quantitative estimate of drug-likeness (QED) is 0.797. The van der Waals surface area contributed by atoms with Crippen molar-refractivity contribution >= 4 is 17.5 Å². The van der Waals surface area contributed by atoms with Crippen LogP contribution in [-0.2, 0) is 9.53 Å². The molecule has 1 amide bonds. The third kappa shape index (κ3) is 3.71. The van der Waals surface area contributed by atoms with Crippen molar-refractivity contribution in [1.29, 1.82) is 0 Å². The van der Waals surface area contributed by atoms with Crippen LogP contribution in [0.1, 0.15) is 30.7 Å². The van der Waals surface area contributed by atoms with E-state index in [1.807, 2.05) is 35.2 Å². The summed E-state index contributed by atoms with van der Waals surface area (Å²) < 4.78 is 5.68. The highest BCUT2D eigenvalue weighted by Gasteiger charge is 2.27. The van der Waals surface area contributed by atoms with E-state index in [-0.39, 0.29) is 12.0 Å². The van der Waals surface area contributed by atoms with Crippen molar-refractivity contribution in [2.24, 2.45) is 0 Å². The molecule has 0 spiro atoms. The minimum absolute atomic E-state index is 0.0168. The Morgan fingerprint density at radius 2 is 2.21 bits per heavy atom. The summed E-state index contributed by atoms with van der Waals surface area (Å²) in [5.41, 5.74) is 0.854. The van der Waals surface area contributed by atoms with Crippen LogP contribution in [0.4, 0.5) is 0 Å². The summed E-state index contributed by atoms with van der Waals surface area (Å²) in [6, 6.07) is 9.50. The van der Waals surface area contributed by atoms with Crippen LogP contribution in [-0.4, -0.2) is 36.6 Å². The maximum Gasteiger partial charge on any atom is 0.245 e. The standard InChI is InChI=1S/C15H20ClNO2/c1-2-13-11-17(9-6-10-19-13)15(18)14(16)12-7-4-3-5-8-12/h3-5,7-8,13-14H,2,6,9-11H2,1H3. The van der Waals surface area contributed by atoms with Crippen molar-refractivity contribution in [2.45, 2.75) is 31.2 Å². The second kappa shape index (κ2) is 6.92. The zero-order valence-corrected chi connectivity index (χ0v) is 12.0. The molecular weight excluding hydrogens is 262 g/mol. The van der Waals surface area contributed by atoms with Crippen LogP contribution in [0.15, 0.2) is 30.3 Å². The lowest BCUT2D eigenvalue weighted by Gasteiger charge is -2.25. The zero-order valence-electron chi connectivity index (χ0n) is 11.2. The molecule has 1 heterocycles. The van der Waals surface area contributed by atoms with Gasteiger partial charge in [0.15, 0.2) is 0 Å². The van der Waals surface area contributed by atoms with Gasteiger partial charge in [0, 0.05) is 19.7 Å². The Hall–Kier alpha value is -1.06. The van der Waals surface area contributed by atoms with Crippen LogP contribution in [0, 0.1) is 0 Å². The number of ether oxygens (including phenoxy) is 1. The van der Waals surface area contributed by atoms with Gasteiger partial charge in [-0.25, -0.2) is 0 Å². The molecule has 0 saturated carbocycles. The Labute approximate surface area is 119 Å². The molecule has 1 aliphatic heterocycles. The van der Waals surface area contributed by atoms with E-state index in [4.69, 9.17) is 16.3 Å². The molecule has 1 aromatic rings. The summed E-state index contributed by atoms with van der Waals surface area (Å²) in [5.74, 6) is -0.0168. The Morgan fingerprint density at radius 1 is 1.47 bits per heavy atom. The first-order valence-corrected chi connectivity index (χ1v) is 7.25. The Balaban J connectivity index is 2.05. The molecule has 0 radical (unpaired) electrons. The van der Waals surface area contributed by atoms with Gasteiger partial charge in [-0.15, -0.1) is 11.6 Å². The molecule has 4 heteroatoms. The minimum atomic E-state index is -0.600. The van der Waals surface area contributed by atoms with E-state index < -0.39 is 5.38 Å². The van der Waals surface area contributed by atoms with Gasteiger partial charge in [0.25, 0.3) is 0 Å². The molecule has 1 aromatic carbocycles. The highest BCUT2D eigenvalue weighted by atomic mass is 35.5. The van der Waals surface area contributed by atoms with E-state index >= 15 is 0 Å². The van der Waals surface area contributed by atoms with E-state index in [9.17, 15) is 4.79 Å². The molecule has 3 nitrogen and oxygen atoms in total. The summed E-state index contributed by atoms with van der Waals surface area (Å²) in [4.78, 5) is 14.3. The molecule has 0 bridgehead atoms. The van der Waals surface area contributed by atoms with E-state index in [0.29, 0.717) is 6.54 Å². The van der Waals surface area contributed by atoms with Crippen molar-refractivity contribution in [3.63, 3.8) is 0 Å². The third-order valence-corrected chi connectivity index (χ3v) is 3.86. The number of hydrogen-bond donors (Lipinski definition) is 0. The van der Waals surface area contributed by atoms with Crippen molar-refractivity contribution in [1.82, 2.24) is 4.90 Å². The SMILES string of the molecule is CCC1CN(C(=O)C(Cl)c2ccccc2)CCCO1. The van der Waals surface area contributed by atoms with Crippen LogP contribution in [0.2, 0.25) is 0 Å². The van der Waals surface area contributed by atoms with Gasteiger partial charge >= 0.3 is 0 Å². The predicted octanol–water partition coefficient (Wildman–Crippen LogP) is 2.99. The first-order chi connectivity index (χ1) is 9.22. The summed E-state index contributed by atoms with van der Waals surface area (Å²) >= 11 is 6.30. The molecule has 104 valence electrons. The summed E-state index contributed by atoms with van der Waals surface area (Å²) in [6.07, 6.45) is 1.92. The topological polar surface area (TPSA) is 29.5 Å². The zero-order chi connectivity index (χ0) is 13.7. The van der Waals surface area contributed by atoms with Crippen molar-refractivity contribution in [3.8, 4) is 0 Å². The molecular formula is C15H20ClNO2. The lowest BCUT2D eigenvalue weighted by atomic mass is 10.1. The van der Waals surface area contributed by atoms with Gasteiger partial charge in [0.2, 0.25) is 5.91 Å². The lowest BCUT2D eigenvalue weighted by molar-refractivity contribution is -0.131. The van der Waals surface area contributed by atoms with Crippen LogP contribution < -0.4 is 0 Å². The second-order valence-corrected chi connectivity index (χ2v) is 5.25. The van der Waals surface area contributed by atoms with Gasteiger partial charge in [0.1, 0.15) is 5.38 Å². The van der Waals surface area contributed by atoms with Crippen molar-refractivity contribution in [2.75, 3.05) is 19.7 Å². The molecule has 1 aliphatic rings. The molecule has 2 rings (SSSR count). The van der Waals surface area contributed by atoms with Crippen LogP contribution in [0.3, 0.4) is 0 Å². The molecule has 1 fully saturated rings. The fraction of sp³-hybridized carbons (Fsp3) is 0.533. The number of rotatable bonds is 3. The van der Waals surface area contributed by atoms with Gasteiger partial charge in [-0.3, -0.25) is 4.79 Å². The summed E-state index contributed by atoms with van der Waals surface area (Å²) in [5, 5.41) is -0.600. The molecule has 2 unspecified atom stereocenters. The second-order valence-electron chi connectivity index (χ2n) is 4.81. The normalized spacial score (nSPS) is 21.8. The summed E-state index contributed by atoms with van der Waals surface area (Å²) in [7, 11) is 0. The van der Waals surface area contributed by atoms with Gasteiger partial charge in [0.05, 0.1) is 6.10 Å². The molecule has 2 atom stereocenters. The molecule has 0 N–H and O–H groups in total. The Morgan fingerprint density at radius 3 is 2.89 bits per heavy atom. The molecule has 0 aromatic heterocycles. The number of halogens is 1. The van der Waals surface area contributed by atoms with E-state index in [0.717, 1.165) is 31.6 Å². The first-order valence-electron chi connectivity index (χ1n) is 6.81. The van der Waals surface area contributed by atoms with Crippen molar-refractivity contribution in [3.05, 3.63) is 35.9 Å². The van der Waals surface area contributed by atoms with Crippen LogP contribution in [0.25, 0.3) is 0 Å². The van der Waals surface area contributed by atoms with Crippen molar-refractivity contribution < 1.29 is 9.53 Å². The highest BCUT2D eigenvalue weighted by molar-refractivity contribution is 6.30. The van der Waals surface area contributed by atoms with Crippen LogP contribution in [0.5, 0.6) is 0 Å². The van der Waals surface area contributed by atoms with Gasteiger partial charge in [-0.2, -0.15) is 0 Å². The maximum absolute atomic E-state index is 12.5. The molecule has 0 aliphatic carbocycles. The third-order valence-electron chi connectivity index (χ3n) is 3.43. The number of carbonyl (C=O) groups excluding carboxylic acids is 1. The summed E-state index contributed by atoms with van der Waals surface area (Å²) in [6.45, 7) is 4.17.